The van der Waals surface area contributed by atoms with Crippen molar-refractivity contribution in [2.45, 2.75) is 39.3 Å². The Morgan fingerprint density at radius 3 is 2.77 bits per heavy atom. The van der Waals surface area contributed by atoms with Gasteiger partial charge < -0.3 is 10.5 Å². The number of aromatic nitrogens is 1. The van der Waals surface area contributed by atoms with E-state index in [9.17, 15) is 0 Å². The molecule has 0 saturated carbocycles. The third-order valence-corrected chi connectivity index (χ3v) is 4.52. The lowest BCUT2D eigenvalue weighted by Crippen LogP contribution is -2.36. The summed E-state index contributed by atoms with van der Waals surface area (Å²) in [5, 5.41) is 1.11. The van der Waals surface area contributed by atoms with Crippen molar-refractivity contribution >= 4 is 10.9 Å². The van der Waals surface area contributed by atoms with Crippen molar-refractivity contribution in [1.82, 2.24) is 9.88 Å². The van der Waals surface area contributed by atoms with Crippen molar-refractivity contribution in [2.75, 3.05) is 20.2 Å². The SMILES string of the molecule is CCN1CCc2nc3ccc(OC)cc3c(C(C)(C)N)c2C1. The number of pyridine rings is 1. The normalized spacial score (nSPS) is 15.9. The van der Waals surface area contributed by atoms with Crippen LogP contribution in [0.15, 0.2) is 18.2 Å². The molecule has 1 aliphatic rings. The Labute approximate surface area is 132 Å². The Bertz CT molecular complexity index is 704. The largest absolute Gasteiger partial charge is 0.497 e. The molecule has 0 aliphatic carbocycles. The molecule has 0 saturated heterocycles. The van der Waals surface area contributed by atoms with Gasteiger partial charge >= 0.3 is 0 Å². The highest BCUT2D eigenvalue weighted by molar-refractivity contribution is 5.86. The minimum atomic E-state index is -0.408. The first-order valence-corrected chi connectivity index (χ1v) is 7.95. The number of methoxy groups -OCH3 is 1. The van der Waals surface area contributed by atoms with E-state index in [2.05, 4.69) is 31.7 Å². The van der Waals surface area contributed by atoms with Crippen LogP contribution >= 0.6 is 0 Å². The number of likely N-dealkylation sites (N-methyl/N-ethyl adjacent to an activating group) is 1. The van der Waals surface area contributed by atoms with Crippen molar-refractivity contribution in [3.8, 4) is 5.75 Å². The number of fused-ring (bicyclic) bond motifs is 2. The highest BCUT2D eigenvalue weighted by Crippen LogP contribution is 2.35. The third kappa shape index (κ3) is 2.57. The van der Waals surface area contributed by atoms with E-state index in [1.54, 1.807) is 7.11 Å². The zero-order chi connectivity index (χ0) is 15.9. The summed E-state index contributed by atoms with van der Waals surface area (Å²) < 4.78 is 5.40. The second kappa shape index (κ2) is 5.52. The monoisotopic (exact) mass is 299 g/mol. The summed E-state index contributed by atoms with van der Waals surface area (Å²) in [5.41, 5.74) is 10.9. The van der Waals surface area contributed by atoms with Crippen LogP contribution < -0.4 is 10.5 Å². The predicted octanol–water partition coefficient (Wildman–Crippen LogP) is 2.82. The molecule has 0 radical (unpaired) electrons. The first-order valence-electron chi connectivity index (χ1n) is 7.95. The van der Waals surface area contributed by atoms with Gasteiger partial charge in [-0.05, 0) is 49.7 Å². The molecular weight excluding hydrogens is 274 g/mol. The molecule has 3 rings (SSSR count). The number of nitrogens with zero attached hydrogens (tertiary/aromatic N) is 2. The molecule has 1 aromatic heterocycles. The molecule has 0 fully saturated rings. The van der Waals surface area contributed by atoms with Gasteiger partial charge in [-0.15, -0.1) is 0 Å². The predicted molar refractivity (Wildman–Crippen MR) is 90.2 cm³/mol. The lowest BCUT2D eigenvalue weighted by molar-refractivity contribution is 0.263. The molecule has 22 heavy (non-hydrogen) atoms. The fourth-order valence-corrected chi connectivity index (χ4v) is 3.41. The molecule has 1 aliphatic heterocycles. The van der Waals surface area contributed by atoms with Crippen molar-refractivity contribution in [3.05, 3.63) is 35.0 Å². The molecule has 2 aromatic rings. The summed E-state index contributed by atoms with van der Waals surface area (Å²) in [5.74, 6) is 0.850. The maximum absolute atomic E-state index is 6.54. The van der Waals surface area contributed by atoms with E-state index >= 15 is 0 Å². The number of nitrogens with two attached hydrogens (primary N) is 1. The van der Waals surface area contributed by atoms with Crippen molar-refractivity contribution < 1.29 is 4.74 Å². The van der Waals surface area contributed by atoms with E-state index in [4.69, 9.17) is 15.5 Å². The molecule has 118 valence electrons. The van der Waals surface area contributed by atoms with Crippen LogP contribution in [-0.2, 0) is 18.5 Å². The number of ether oxygens (including phenoxy) is 1. The Balaban J connectivity index is 2.30. The lowest BCUT2D eigenvalue weighted by Gasteiger charge is -2.33. The van der Waals surface area contributed by atoms with Gasteiger partial charge in [0.05, 0.1) is 12.6 Å². The van der Waals surface area contributed by atoms with E-state index in [0.717, 1.165) is 42.7 Å². The second-order valence-electron chi connectivity index (χ2n) is 6.64. The van der Waals surface area contributed by atoms with Crippen molar-refractivity contribution in [2.24, 2.45) is 5.73 Å². The van der Waals surface area contributed by atoms with Crippen LogP contribution in [-0.4, -0.2) is 30.1 Å². The van der Waals surface area contributed by atoms with E-state index in [1.165, 1.54) is 16.8 Å². The fraction of sp³-hybridized carbons (Fsp3) is 0.500. The minimum Gasteiger partial charge on any atom is -0.497 e. The van der Waals surface area contributed by atoms with Gasteiger partial charge in [0.25, 0.3) is 0 Å². The molecule has 0 bridgehead atoms. The fourth-order valence-electron chi connectivity index (χ4n) is 3.41. The molecule has 4 heteroatoms. The van der Waals surface area contributed by atoms with Crippen LogP contribution in [0.3, 0.4) is 0 Å². The van der Waals surface area contributed by atoms with Gasteiger partial charge in [0.15, 0.2) is 0 Å². The zero-order valence-corrected chi connectivity index (χ0v) is 13.9. The highest BCUT2D eigenvalue weighted by Gasteiger charge is 2.28. The van der Waals surface area contributed by atoms with Crippen LogP contribution in [0.1, 0.15) is 37.6 Å². The van der Waals surface area contributed by atoms with Crippen LogP contribution in [0.2, 0.25) is 0 Å². The Morgan fingerprint density at radius 1 is 1.36 bits per heavy atom. The van der Waals surface area contributed by atoms with Gasteiger partial charge in [-0.2, -0.15) is 0 Å². The van der Waals surface area contributed by atoms with Crippen LogP contribution in [0, 0.1) is 0 Å². The smallest absolute Gasteiger partial charge is 0.119 e. The van der Waals surface area contributed by atoms with Gasteiger partial charge in [-0.25, -0.2) is 0 Å². The van der Waals surface area contributed by atoms with Gasteiger partial charge in [-0.3, -0.25) is 9.88 Å². The summed E-state index contributed by atoms with van der Waals surface area (Å²) in [6, 6.07) is 6.07. The average molecular weight is 299 g/mol. The maximum atomic E-state index is 6.54. The van der Waals surface area contributed by atoms with E-state index < -0.39 is 5.54 Å². The quantitative estimate of drug-likeness (QED) is 0.947. The van der Waals surface area contributed by atoms with Crippen LogP contribution in [0.5, 0.6) is 5.75 Å². The molecule has 0 amide bonds. The number of rotatable bonds is 3. The van der Waals surface area contributed by atoms with E-state index in [0.29, 0.717) is 0 Å². The summed E-state index contributed by atoms with van der Waals surface area (Å²) in [4.78, 5) is 7.35. The van der Waals surface area contributed by atoms with Gasteiger partial charge in [0, 0.05) is 36.1 Å². The Morgan fingerprint density at radius 2 is 2.14 bits per heavy atom. The number of hydrogen-bond donors (Lipinski definition) is 1. The van der Waals surface area contributed by atoms with Gasteiger partial charge in [-0.1, -0.05) is 6.92 Å². The first-order chi connectivity index (χ1) is 10.4. The summed E-state index contributed by atoms with van der Waals surface area (Å²) in [6.45, 7) is 9.42. The molecule has 2 heterocycles. The maximum Gasteiger partial charge on any atom is 0.119 e. The van der Waals surface area contributed by atoms with Gasteiger partial charge in [0.2, 0.25) is 0 Å². The molecule has 0 unspecified atom stereocenters. The van der Waals surface area contributed by atoms with Crippen LogP contribution in [0.4, 0.5) is 0 Å². The van der Waals surface area contributed by atoms with Gasteiger partial charge in [0.1, 0.15) is 5.75 Å². The first kappa shape index (κ1) is 15.3. The standard InChI is InChI=1S/C18H25N3O/c1-5-21-9-8-16-14(11-21)17(18(2,3)19)13-10-12(22-4)6-7-15(13)20-16/h6-7,10H,5,8-9,11,19H2,1-4H3. The summed E-state index contributed by atoms with van der Waals surface area (Å²) in [7, 11) is 1.69. The molecule has 4 nitrogen and oxygen atoms in total. The van der Waals surface area contributed by atoms with E-state index in [1.807, 2.05) is 12.1 Å². The molecule has 1 aromatic carbocycles. The Kier molecular flexibility index (Phi) is 3.83. The lowest BCUT2D eigenvalue weighted by atomic mass is 9.85. The summed E-state index contributed by atoms with van der Waals surface area (Å²) >= 11 is 0. The van der Waals surface area contributed by atoms with Crippen molar-refractivity contribution in [3.63, 3.8) is 0 Å². The second-order valence-corrected chi connectivity index (χ2v) is 6.64. The number of hydrogen-bond acceptors (Lipinski definition) is 4. The molecule has 0 spiro atoms. The molecule has 2 N–H and O–H groups in total. The molecule has 0 atom stereocenters. The number of benzene rings is 1. The van der Waals surface area contributed by atoms with Crippen molar-refractivity contribution in [1.29, 1.82) is 0 Å². The average Bonchev–Trinajstić information content (AvgIpc) is 2.50. The van der Waals surface area contributed by atoms with E-state index in [-0.39, 0.29) is 0 Å². The van der Waals surface area contributed by atoms with Crippen LogP contribution in [0.25, 0.3) is 10.9 Å². The highest BCUT2D eigenvalue weighted by atomic mass is 16.5. The summed E-state index contributed by atoms with van der Waals surface area (Å²) in [6.07, 6.45) is 0.994. The third-order valence-electron chi connectivity index (χ3n) is 4.52. The zero-order valence-electron chi connectivity index (χ0n) is 13.9. The Hall–Kier alpha value is -1.65. The minimum absolute atomic E-state index is 0.408. The molecular formula is C18H25N3O. The topological polar surface area (TPSA) is 51.4 Å².